The zero-order valence-electron chi connectivity index (χ0n) is 12.1. The van der Waals surface area contributed by atoms with Gasteiger partial charge in [-0.2, -0.15) is 0 Å². The van der Waals surface area contributed by atoms with Gasteiger partial charge in [0.2, 0.25) is 5.91 Å². The molecule has 1 aliphatic carbocycles. The average Bonchev–Trinajstić information content (AvgIpc) is 3.13. The van der Waals surface area contributed by atoms with E-state index < -0.39 is 0 Å². The molecule has 0 aromatic heterocycles. The van der Waals surface area contributed by atoms with E-state index in [0.717, 1.165) is 37.9 Å². The zero-order valence-corrected chi connectivity index (χ0v) is 12.1. The third-order valence-corrected chi connectivity index (χ3v) is 3.95. The number of likely N-dealkylation sites (tertiary alicyclic amines) is 1. The Bertz CT molecular complexity index is 338. The predicted octanol–water partition coefficient (Wildman–Crippen LogP) is 0.962. The Balaban J connectivity index is 1.68. The van der Waals surface area contributed by atoms with Crippen molar-refractivity contribution in [1.82, 2.24) is 15.5 Å². The molecule has 0 spiro atoms. The van der Waals surface area contributed by atoms with Gasteiger partial charge in [0.1, 0.15) is 0 Å². The Kier molecular flexibility index (Phi) is 5.05. The maximum atomic E-state index is 11.6. The smallest absolute Gasteiger partial charge is 0.222 e. The summed E-state index contributed by atoms with van der Waals surface area (Å²) in [5, 5.41) is 6.77. The number of amides is 1. The number of guanidine groups is 1. The van der Waals surface area contributed by atoms with E-state index in [2.05, 4.69) is 15.6 Å². The third-order valence-electron chi connectivity index (χ3n) is 3.95. The summed E-state index contributed by atoms with van der Waals surface area (Å²) in [6.45, 7) is 4.58. The molecule has 1 unspecified atom stereocenters. The van der Waals surface area contributed by atoms with Gasteiger partial charge in [-0.1, -0.05) is 19.8 Å². The average molecular weight is 266 g/mol. The second kappa shape index (κ2) is 6.78. The number of aliphatic imine (C=N–C) groups is 1. The molecule has 2 N–H and O–H groups in total. The molecule has 1 atom stereocenters. The fourth-order valence-corrected chi connectivity index (χ4v) is 2.52. The van der Waals surface area contributed by atoms with Gasteiger partial charge in [-0.05, 0) is 18.8 Å². The molecule has 1 aliphatic heterocycles. The van der Waals surface area contributed by atoms with E-state index in [4.69, 9.17) is 0 Å². The second-order valence-electron chi connectivity index (χ2n) is 5.55. The van der Waals surface area contributed by atoms with Crippen LogP contribution >= 0.6 is 0 Å². The molecule has 0 aromatic rings. The first-order valence-corrected chi connectivity index (χ1v) is 7.48. The van der Waals surface area contributed by atoms with Crippen LogP contribution in [0.2, 0.25) is 0 Å². The molecule has 1 saturated carbocycles. The minimum absolute atomic E-state index is 0.251. The fraction of sp³-hybridized carbons (Fsp3) is 0.857. The molecule has 2 rings (SSSR count). The Hall–Kier alpha value is -1.26. The summed E-state index contributed by atoms with van der Waals surface area (Å²) in [5.74, 6) is 2.06. The summed E-state index contributed by atoms with van der Waals surface area (Å²) in [7, 11) is 1.80. The first-order chi connectivity index (χ1) is 9.22. The Morgan fingerprint density at radius 2 is 2.16 bits per heavy atom. The van der Waals surface area contributed by atoms with E-state index >= 15 is 0 Å². The lowest BCUT2D eigenvalue weighted by atomic mass is 10.2. The number of hydrogen-bond acceptors (Lipinski definition) is 2. The number of rotatable bonds is 5. The molecule has 108 valence electrons. The van der Waals surface area contributed by atoms with E-state index in [1.54, 1.807) is 7.05 Å². The topological polar surface area (TPSA) is 56.7 Å². The molecule has 5 nitrogen and oxygen atoms in total. The number of nitrogens with zero attached hydrogens (tertiary/aromatic N) is 2. The van der Waals surface area contributed by atoms with Crippen LogP contribution in [0.3, 0.4) is 0 Å². The summed E-state index contributed by atoms with van der Waals surface area (Å²) >= 11 is 0. The maximum absolute atomic E-state index is 11.6. The number of nitrogens with one attached hydrogen (secondary N) is 2. The highest BCUT2D eigenvalue weighted by molar-refractivity contribution is 5.80. The highest BCUT2D eigenvalue weighted by Crippen LogP contribution is 2.31. The lowest BCUT2D eigenvalue weighted by molar-refractivity contribution is -0.129. The summed E-state index contributed by atoms with van der Waals surface area (Å²) in [5.41, 5.74) is 0. The molecule has 1 saturated heterocycles. The number of hydrogen-bond donors (Lipinski definition) is 2. The Morgan fingerprint density at radius 3 is 2.79 bits per heavy atom. The molecule has 5 heteroatoms. The van der Waals surface area contributed by atoms with Crippen molar-refractivity contribution >= 4 is 11.9 Å². The van der Waals surface area contributed by atoms with Crippen LogP contribution < -0.4 is 10.6 Å². The van der Waals surface area contributed by atoms with Gasteiger partial charge in [-0.25, -0.2) is 0 Å². The largest absolute Gasteiger partial charge is 0.356 e. The van der Waals surface area contributed by atoms with E-state index in [9.17, 15) is 4.79 Å². The lowest BCUT2D eigenvalue weighted by Gasteiger charge is -2.18. The normalized spacial score (nSPS) is 23.6. The van der Waals surface area contributed by atoms with Gasteiger partial charge in [0.15, 0.2) is 5.96 Å². The number of carbonyl (C=O) groups excluding carboxylic acids is 1. The SMILES string of the molecule is CCC(=O)N1CCC(NC(=NC)NCCC2CC2)C1. The van der Waals surface area contributed by atoms with Gasteiger partial charge in [0, 0.05) is 39.1 Å². The van der Waals surface area contributed by atoms with Crippen LogP contribution in [-0.2, 0) is 4.79 Å². The van der Waals surface area contributed by atoms with Gasteiger partial charge >= 0.3 is 0 Å². The van der Waals surface area contributed by atoms with Gasteiger partial charge in [-0.3, -0.25) is 9.79 Å². The Labute approximate surface area is 115 Å². The molecule has 0 aromatic carbocycles. The molecular weight excluding hydrogens is 240 g/mol. The van der Waals surface area contributed by atoms with E-state index in [-0.39, 0.29) is 5.91 Å². The van der Waals surface area contributed by atoms with Crippen molar-refractivity contribution in [1.29, 1.82) is 0 Å². The quantitative estimate of drug-likeness (QED) is 0.576. The molecular formula is C14H26N4O. The minimum Gasteiger partial charge on any atom is -0.356 e. The van der Waals surface area contributed by atoms with Crippen LogP contribution in [0.25, 0.3) is 0 Å². The number of carbonyl (C=O) groups is 1. The van der Waals surface area contributed by atoms with Crippen molar-refractivity contribution in [3.8, 4) is 0 Å². The summed E-state index contributed by atoms with van der Waals surface area (Å²) in [6.07, 6.45) is 5.64. The molecule has 1 amide bonds. The van der Waals surface area contributed by atoms with E-state index in [0.29, 0.717) is 12.5 Å². The maximum Gasteiger partial charge on any atom is 0.222 e. The van der Waals surface area contributed by atoms with Crippen molar-refractivity contribution < 1.29 is 4.79 Å². The zero-order chi connectivity index (χ0) is 13.7. The van der Waals surface area contributed by atoms with Crippen molar-refractivity contribution in [2.24, 2.45) is 10.9 Å². The van der Waals surface area contributed by atoms with Crippen LogP contribution in [0.15, 0.2) is 4.99 Å². The molecule has 1 heterocycles. The fourth-order valence-electron chi connectivity index (χ4n) is 2.52. The van der Waals surface area contributed by atoms with Gasteiger partial charge in [0.05, 0.1) is 0 Å². The van der Waals surface area contributed by atoms with Crippen molar-refractivity contribution in [3.05, 3.63) is 0 Å². The van der Waals surface area contributed by atoms with Crippen molar-refractivity contribution in [2.75, 3.05) is 26.7 Å². The Morgan fingerprint density at radius 1 is 1.37 bits per heavy atom. The highest BCUT2D eigenvalue weighted by Gasteiger charge is 2.26. The first kappa shape index (κ1) is 14.2. The van der Waals surface area contributed by atoms with E-state index in [1.807, 2.05) is 11.8 Å². The van der Waals surface area contributed by atoms with E-state index in [1.165, 1.54) is 19.3 Å². The second-order valence-corrected chi connectivity index (χ2v) is 5.55. The molecule has 0 bridgehead atoms. The highest BCUT2D eigenvalue weighted by atomic mass is 16.2. The molecule has 0 radical (unpaired) electrons. The monoisotopic (exact) mass is 266 g/mol. The standard InChI is InChI=1S/C14H26N4O/c1-3-13(19)18-9-7-12(10-18)17-14(15-2)16-8-6-11-4-5-11/h11-12H,3-10H2,1-2H3,(H2,15,16,17). The minimum atomic E-state index is 0.251. The van der Waals surface area contributed by atoms with Gasteiger partial charge in [0.25, 0.3) is 0 Å². The third kappa shape index (κ3) is 4.40. The predicted molar refractivity (Wildman–Crippen MR) is 77.1 cm³/mol. The van der Waals surface area contributed by atoms with Crippen LogP contribution in [-0.4, -0.2) is 49.5 Å². The van der Waals surface area contributed by atoms with Crippen molar-refractivity contribution in [3.63, 3.8) is 0 Å². The van der Waals surface area contributed by atoms with Gasteiger partial charge in [-0.15, -0.1) is 0 Å². The first-order valence-electron chi connectivity index (χ1n) is 7.48. The van der Waals surface area contributed by atoms with Crippen molar-refractivity contribution in [2.45, 2.75) is 45.1 Å². The molecule has 19 heavy (non-hydrogen) atoms. The van der Waals surface area contributed by atoms with Crippen LogP contribution in [0.1, 0.15) is 39.0 Å². The van der Waals surface area contributed by atoms with Crippen LogP contribution in [0.4, 0.5) is 0 Å². The summed E-state index contributed by atoms with van der Waals surface area (Å²) in [4.78, 5) is 17.8. The molecule has 2 fully saturated rings. The van der Waals surface area contributed by atoms with Crippen LogP contribution in [0.5, 0.6) is 0 Å². The van der Waals surface area contributed by atoms with Crippen LogP contribution in [0, 0.1) is 5.92 Å². The summed E-state index contributed by atoms with van der Waals surface area (Å²) in [6, 6.07) is 0.336. The molecule has 2 aliphatic rings. The lowest BCUT2D eigenvalue weighted by Crippen LogP contribution is -2.45. The van der Waals surface area contributed by atoms with Gasteiger partial charge < -0.3 is 15.5 Å². The summed E-state index contributed by atoms with van der Waals surface area (Å²) < 4.78 is 0.